The predicted molar refractivity (Wildman–Crippen MR) is 77.3 cm³/mol. The van der Waals surface area contributed by atoms with Gasteiger partial charge in [0.25, 0.3) is 0 Å². The van der Waals surface area contributed by atoms with Crippen molar-refractivity contribution in [2.45, 2.75) is 31.2 Å². The number of carboxylic acids is 1. The molecule has 1 aliphatic heterocycles. The van der Waals surface area contributed by atoms with Crippen molar-refractivity contribution in [3.63, 3.8) is 0 Å². The van der Waals surface area contributed by atoms with Crippen molar-refractivity contribution in [2.24, 2.45) is 0 Å². The first kappa shape index (κ1) is 20.0. The molecule has 1 fully saturated rings. The summed E-state index contributed by atoms with van der Waals surface area (Å²) in [6.07, 6.45) is -9.22. The molecule has 0 saturated carbocycles. The van der Waals surface area contributed by atoms with E-state index in [1.807, 2.05) is 5.32 Å². The molecule has 0 spiro atoms. The normalized spacial score (nSPS) is 18.8. The summed E-state index contributed by atoms with van der Waals surface area (Å²) in [4.78, 5) is 24.3. The lowest BCUT2D eigenvalue weighted by molar-refractivity contribution is -0.144. The van der Waals surface area contributed by atoms with Crippen molar-refractivity contribution in [1.29, 1.82) is 0 Å². The number of carboxylic acid groups (broad SMARTS) is 1. The average Bonchev–Trinajstić information content (AvgIpc) is 2.93. The van der Waals surface area contributed by atoms with Gasteiger partial charge in [-0.3, -0.25) is 14.5 Å². The minimum Gasteiger partial charge on any atom is -0.480 e. The number of carbonyl (C=O) groups is 2. The first-order chi connectivity index (χ1) is 11.9. The summed E-state index contributed by atoms with van der Waals surface area (Å²) in [5, 5.41) is 11.0. The van der Waals surface area contributed by atoms with Gasteiger partial charge in [-0.25, -0.2) is 0 Å². The number of aliphatic carboxylic acids is 1. The van der Waals surface area contributed by atoms with E-state index in [-0.39, 0.29) is 6.07 Å². The molecule has 0 radical (unpaired) electrons. The van der Waals surface area contributed by atoms with Crippen LogP contribution in [0.3, 0.4) is 0 Å². The van der Waals surface area contributed by atoms with Crippen molar-refractivity contribution in [1.82, 2.24) is 4.90 Å². The summed E-state index contributed by atoms with van der Waals surface area (Å²) in [5.74, 6) is -2.04. The first-order valence-electron chi connectivity index (χ1n) is 7.44. The topological polar surface area (TPSA) is 69.6 Å². The van der Waals surface area contributed by atoms with Gasteiger partial charge in [-0.2, -0.15) is 26.3 Å². The van der Waals surface area contributed by atoms with E-state index < -0.39 is 53.6 Å². The monoisotopic (exact) mass is 384 g/mol. The van der Waals surface area contributed by atoms with Crippen LogP contribution in [0.15, 0.2) is 18.2 Å². The fourth-order valence-corrected chi connectivity index (χ4v) is 2.71. The maximum atomic E-state index is 12.8. The quantitative estimate of drug-likeness (QED) is 0.783. The van der Waals surface area contributed by atoms with Crippen LogP contribution < -0.4 is 5.32 Å². The number of amides is 1. The molecule has 2 N–H and O–H groups in total. The van der Waals surface area contributed by atoms with E-state index in [4.69, 9.17) is 5.11 Å². The molecule has 1 aliphatic rings. The maximum Gasteiger partial charge on any atom is 0.416 e. The third kappa shape index (κ3) is 4.87. The van der Waals surface area contributed by atoms with E-state index in [1.54, 1.807) is 0 Å². The Bertz CT molecular complexity index is 669. The number of likely N-dealkylation sites (tertiary alicyclic amines) is 1. The summed E-state index contributed by atoms with van der Waals surface area (Å²) < 4.78 is 76.7. The van der Waals surface area contributed by atoms with Crippen LogP contribution in [-0.2, 0) is 21.9 Å². The average molecular weight is 384 g/mol. The molecule has 1 saturated heterocycles. The number of rotatable bonds is 4. The largest absolute Gasteiger partial charge is 0.480 e. The molecule has 1 aromatic rings. The summed E-state index contributed by atoms with van der Waals surface area (Å²) in [7, 11) is 0. The van der Waals surface area contributed by atoms with Crippen molar-refractivity contribution in [3.8, 4) is 0 Å². The lowest BCUT2D eigenvalue weighted by Gasteiger charge is -2.20. The van der Waals surface area contributed by atoms with Crippen LogP contribution in [-0.4, -0.2) is 41.0 Å². The molecule has 2 rings (SSSR count). The Balaban J connectivity index is 2.20. The number of carbonyl (C=O) groups excluding carboxylic acids is 1. The number of nitrogens with zero attached hydrogens (tertiary/aromatic N) is 1. The highest BCUT2D eigenvalue weighted by Crippen LogP contribution is 2.37. The zero-order valence-electron chi connectivity index (χ0n) is 13.1. The highest BCUT2D eigenvalue weighted by atomic mass is 19.4. The van der Waals surface area contributed by atoms with Crippen molar-refractivity contribution in [3.05, 3.63) is 29.3 Å². The molecule has 1 unspecified atom stereocenters. The molecule has 1 amide bonds. The number of nitrogens with one attached hydrogen (secondary N) is 1. The van der Waals surface area contributed by atoms with E-state index in [0.29, 0.717) is 31.5 Å². The zero-order chi connectivity index (χ0) is 19.7. The number of hydrogen-bond donors (Lipinski definition) is 2. The molecular formula is C15H14F6N2O3. The highest BCUT2D eigenvalue weighted by Gasteiger charge is 2.37. The Kier molecular flexibility index (Phi) is 5.49. The van der Waals surface area contributed by atoms with Gasteiger partial charge in [0.2, 0.25) is 5.91 Å². The van der Waals surface area contributed by atoms with Crippen LogP contribution in [0.25, 0.3) is 0 Å². The number of anilines is 1. The second-order valence-corrected chi connectivity index (χ2v) is 5.81. The smallest absolute Gasteiger partial charge is 0.416 e. The van der Waals surface area contributed by atoms with Gasteiger partial charge in [-0.05, 0) is 37.6 Å². The molecule has 1 atom stereocenters. The third-order valence-corrected chi connectivity index (χ3v) is 3.87. The highest BCUT2D eigenvalue weighted by molar-refractivity contribution is 5.93. The second-order valence-electron chi connectivity index (χ2n) is 5.81. The molecular weight excluding hydrogens is 370 g/mol. The molecule has 1 heterocycles. The van der Waals surface area contributed by atoms with Gasteiger partial charge >= 0.3 is 18.3 Å². The Morgan fingerprint density at radius 3 is 2.08 bits per heavy atom. The van der Waals surface area contributed by atoms with Gasteiger partial charge in [0.15, 0.2) is 0 Å². The Hall–Kier alpha value is -2.30. The lowest BCUT2D eigenvalue weighted by atomic mass is 10.1. The Morgan fingerprint density at radius 1 is 1.08 bits per heavy atom. The van der Waals surface area contributed by atoms with Crippen molar-refractivity contribution in [2.75, 3.05) is 18.4 Å². The zero-order valence-corrected chi connectivity index (χ0v) is 13.1. The second kappa shape index (κ2) is 7.14. The Labute approximate surface area is 143 Å². The lowest BCUT2D eigenvalue weighted by Crippen LogP contribution is -2.40. The van der Waals surface area contributed by atoms with E-state index >= 15 is 0 Å². The van der Waals surface area contributed by atoms with Crippen LogP contribution in [0.4, 0.5) is 32.0 Å². The molecule has 1 aromatic carbocycles. The summed E-state index contributed by atoms with van der Waals surface area (Å²) in [6, 6.07) is -0.165. The van der Waals surface area contributed by atoms with E-state index in [2.05, 4.69) is 0 Å². The van der Waals surface area contributed by atoms with Crippen LogP contribution in [0.1, 0.15) is 24.0 Å². The van der Waals surface area contributed by atoms with Gasteiger partial charge in [0, 0.05) is 5.69 Å². The fourth-order valence-electron chi connectivity index (χ4n) is 2.71. The summed E-state index contributed by atoms with van der Waals surface area (Å²) in [6.45, 7) is -0.157. The van der Waals surface area contributed by atoms with Gasteiger partial charge in [0.1, 0.15) is 6.04 Å². The molecule has 144 valence electrons. The van der Waals surface area contributed by atoms with Crippen molar-refractivity contribution < 1.29 is 41.0 Å². The minimum atomic E-state index is -5.02. The van der Waals surface area contributed by atoms with Gasteiger partial charge < -0.3 is 10.4 Å². The number of halogens is 6. The fraction of sp³-hybridized carbons (Fsp3) is 0.467. The third-order valence-electron chi connectivity index (χ3n) is 3.87. The SMILES string of the molecule is O=C(CN1CCCC1C(=O)O)Nc1cc(C(F)(F)F)cc(C(F)(F)F)c1. The first-order valence-corrected chi connectivity index (χ1v) is 7.44. The maximum absolute atomic E-state index is 12.8. The molecule has 5 nitrogen and oxygen atoms in total. The van der Waals surface area contributed by atoms with Gasteiger partial charge in [0.05, 0.1) is 17.7 Å². The van der Waals surface area contributed by atoms with Crippen LogP contribution in [0, 0.1) is 0 Å². The van der Waals surface area contributed by atoms with E-state index in [0.717, 1.165) is 0 Å². The summed E-state index contributed by atoms with van der Waals surface area (Å²) >= 11 is 0. The summed E-state index contributed by atoms with van der Waals surface area (Å²) in [5.41, 5.74) is -3.76. The van der Waals surface area contributed by atoms with Crippen LogP contribution in [0.5, 0.6) is 0 Å². The Morgan fingerprint density at radius 2 is 1.62 bits per heavy atom. The molecule has 0 aromatic heterocycles. The molecule has 0 bridgehead atoms. The van der Waals surface area contributed by atoms with Crippen LogP contribution >= 0.6 is 0 Å². The molecule has 0 aliphatic carbocycles. The predicted octanol–water partition coefficient (Wildman–Crippen LogP) is 3.21. The van der Waals surface area contributed by atoms with Gasteiger partial charge in [-0.15, -0.1) is 0 Å². The van der Waals surface area contributed by atoms with E-state index in [9.17, 15) is 35.9 Å². The standard InChI is InChI=1S/C15H14F6N2O3/c16-14(17,18)8-4-9(15(19,20)21)6-10(5-8)22-12(24)7-23-3-1-2-11(23)13(25)26/h4-6,11H,1-3,7H2,(H,22,24)(H,25,26). The van der Waals surface area contributed by atoms with E-state index in [1.165, 1.54) is 4.90 Å². The number of benzene rings is 1. The molecule has 11 heteroatoms. The van der Waals surface area contributed by atoms with Crippen molar-refractivity contribution >= 4 is 17.6 Å². The number of hydrogen-bond acceptors (Lipinski definition) is 3. The number of alkyl halides is 6. The molecule has 26 heavy (non-hydrogen) atoms. The van der Waals surface area contributed by atoms with Crippen LogP contribution in [0.2, 0.25) is 0 Å². The minimum absolute atomic E-state index is 0.0451. The van der Waals surface area contributed by atoms with Gasteiger partial charge in [-0.1, -0.05) is 0 Å².